The molecule has 0 aliphatic carbocycles. The second-order valence-electron chi connectivity index (χ2n) is 6.43. The highest BCUT2D eigenvalue weighted by atomic mass is 16.5. The van der Waals surface area contributed by atoms with E-state index in [1.54, 1.807) is 24.1 Å². The minimum atomic E-state index is -1.01. The minimum absolute atomic E-state index is 0.0698. The summed E-state index contributed by atoms with van der Waals surface area (Å²) in [7, 11) is 1.64. The third-order valence-corrected chi connectivity index (χ3v) is 4.38. The first kappa shape index (κ1) is 17.5. The van der Waals surface area contributed by atoms with Gasteiger partial charge in [0.2, 0.25) is 0 Å². The fourth-order valence-corrected chi connectivity index (χ4v) is 2.97. The number of amides is 1. The molecule has 1 atom stereocenters. The molecule has 25 heavy (non-hydrogen) atoms. The van der Waals surface area contributed by atoms with Gasteiger partial charge < -0.3 is 19.5 Å². The molecule has 1 heterocycles. The Morgan fingerprint density at radius 3 is 2.56 bits per heavy atom. The van der Waals surface area contributed by atoms with E-state index in [9.17, 15) is 9.90 Å². The Morgan fingerprint density at radius 1 is 1.16 bits per heavy atom. The van der Waals surface area contributed by atoms with Gasteiger partial charge in [-0.1, -0.05) is 30.3 Å². The van der Waals surface area contributed by atoms with E-state index in [1.165, 1.54) is 0 Å². The van der Waals surface area contributed by atoms with Gasteiger partial charge in [-0.15, -0.1) is 0 Å². The summed E-state index contributed by atoms with van der Waals surface area (Å²) in [4.78, 5) is 14.3. The number of para-hydroxylation sites is 1. The lowest BCUT2D eigenvalue weighted by Gasteiger charge is -2.23. The predicted molar refractivity (Wildman–Crippen MR) is 94.6 cm³/mol. The number of carbonyl (C=O) groups is 1. The van der Waals surface area contributed by atoms with Crippen molar-refractivity contribution in [3.63, 3.8) is 0 Å². The normalized spacial score (nSPS) is 19.8. The summed E-state index contributed by atoms with van der Waals surface area (Å²) in [6, 6.07) is 16.8. The molecule has 1 saturated heterocycles. The Bertz CT molecular complexity index is 701. The van der Waals surface area contributed by atoms with Crippen LogP contribution in [0.25, 0.3) is 0 Å². The van der Waals surface area contributed by atoms with Crippen LogP contribution in [0.4, 0.5) is 0 Å². The van der Waals surface area contributed by atoms with Gasteiger partial charge in [-0.25, -0.2) is 0 Å². The summed E-state index contributed by atoms with van der Waals surface area (Å²) in [5.74, 6) is 0.647. The number of β-amino-alcohol motifs (C(OH)–C–C–N with tert-alkyl or cyclic N) is 1. The highest BCUT2D eigenvalue weighted by Crippen LogP contribution is 2.24. The standard InChI is InChI=1S/C20H23NO4/c1-24-13-16-7-9-17(10-8-16)19(22)21-12-11-20(23,14-21)15-25-18-5-3-2-4-6-18/h2-10,23H,11-15H2,1H3/t20-/m1/s1. The van der Waals surface area contributed by atoms with Crippen LogP contribution >= 0.6 is 0 Å². The average molecular weight is 341 g/mol. The summed E-state index contributed by atoms with van der Waals surface area (Å²) in [6.07, 6.45) is 0.507. The first-order chi connectivity index (χ1) is 12.1. The van der Waals surface area contributed by atoms with Crippen molar-refractivity contribution in [1.29, 1.82) is 0 Å². The van der Waals surface area contributed by atoms with Crippen LogP contribution in [0.1, 0.15) is 22.3 Å². The Labute approximate surface area is 147 Å². The number of likely N-dealkylation sites (tertiary alicyclic amines) is 1. The first-order valence-electron chi connectivity index (χ1n) is 8.37. The minimum Gasteiger partial charge on any atom is -0.491 e. The van der Waals surface area contributed by atoms with Crippen molar-refractivity contribution in [2.75, 3.05) is 26.8 Å². The van der Waals surface area contributed by atoms with Crippen LogP contribution in [0.2, 0.25) is 0 Å². The van der Waals surface area contributed by atoms with E-state index in [-0.39, 0.29) is 19.1 Å². The van der Waals surface area contributed by atoms with Crippen molar-refractivity contribution >= 4 is 5.91 Å². The molecule has 2 aromatic carbocycles. The van der Waals surface area contributed by atoms with E-state index in [0.29, 0.717) is 25.1 Å². The van der Waals surface area contributed by atoms with Crippen LogP contribution in [0.3, 0.4) is 0 Å². The molecule has 1 aliphatic heterocycles. The van der Waals surface area contributed by atoms with E-state index in [4.69, 9.17) is 9.47 Å². The van der Waals surface area contributed by atoms with Gasteiger partial charge in [-0.05, 0) is 36.2 Å². The molecule has 3 rings (SSSR count). The Morgan fingerprint density at radius 2 is 1.88 bits per heavy atom. The van der Waals surface area contributed by atoms with Crippen molar-refractivity contribution in [3.05, 3.63) is 65.7 Å². The summed E-state index contributed by atoms with van der Waals surface area (Å²) >= 11 is 0. The van der Waals surface area contributed by atoms with Crippen molar-refractivity contribution in [2.24, 2.45) is 0 Å². The topological polar surface area (TPSA) is 59.0 Å². The lowest BCUT2D eigenvalue weighted by molar-refractivity contribution is 0.00431. The number of hydrogen-bond acceptors (Lipinski definition) is 4. The van der Waals surface area contributed by atoms with Crippen molar-refractivity contribution in [3.8, 4) is 5.75 Å². The number of methoxy groups -OCH3 is 1. The molecule has 0 saturated carbocycles. The molecule has 1 amide bonds. The van der Waals surface area contributed by atoms with Gasteiger partial charge in [0.25, 0.3) is 5.91 Å². The SMILES string of the molecule is COCc1ccc(C(=O)N2CC[C@](O)(COc3ccccc3)C2)cc1. The summed E-state index contributed by atoms with van der Waals surface area (Å²) in [6.45, 7) is 1.49. The van der Waals surface area contributed by atoms with Crippen molar-refractivity contribution < 1.29 is 19.4 Å². The quantitative estimate of drug-likeness (QED) is 0.877. The zero-order chi connectivity index (χ0) is 17.7. The Balaban J connectivity index is 1.58. The molecule has 1 aliphatic rings. The number of aliphatic hydroxyl groups is 1. The van der Waals surface area contributed by atoms with Crippen molar-refractivity contribution in [1.82, 2.24) is 4.90 Å². The van der Waals surface area contributed by atoms with E-state index >= 15 is 0 Å². The van der Waals surface area contributed by atoms with Gasteiger partial charge in [-0.2, -0.15) is 0 Å². The third-order valence-electron chi connectivity index (χ3n) is 4.38. The van der Waals surface area contributed by atoms with Gasteiger partial charge in [-0.3, -0.25) is 4.79 Å². The second-order valence-corrected chi connectivity index (χ2v) is 6.43. The number of rotatable bonds is 6. The van der Waals surface area contributed by atoms with E-state index in [1.807, 2.05) is 42.5 Å². The number of nitrogens with zero attached hydrogens (tertiary/aromatic N) is 1. The van der Waals surface area contributed by atoms with Crippen LogP contribution in [-0.2, 0) is 11.3 Å². The lowest BCUT2D eigenvalue weighted by Crippen LogP contribution is -2.40. The molecule has 5 nitrogen and oxygen atoms in total. The number of carbonyl (C=O) groups excluding carboxylic acids is 1. The molecule has 0 unspecified atom stereocenters. The zero-order valence-electron chi connectivity index (χ0n) is 14.4. The van der Waals surface area contributed by atoms with Crippen LogP contribution in [-0.4, -0.2) is 48.3 Å². The fraction of sp³-hybridized carbons (Fsp3) is 0.350. The number of ether oxygens (including phenoxy) is 2. The average Bonchev–Trinajstić information content (AvgIpc) is 3.04. The molecule has 0 radical (unpaired) electrons. The van der Waals surface area contributed by atoms with Gasteiger partial charge in [0, 0.05) is 19.2 Å². The van der Waals surface area contributed by atoms with E-state index < -0.39 is 5.60 Å². The molecule has 0 aromatic heterocycles. The summed E-state index contributed by atoms with van der Waals surface area (Å²) in [5, 5.41) is 10.7. The van der Waals surface area contributed by atoms with Crippen LogP contribution < -0.4 is 4.74 Å². The number of hydrogen-bond donors (Lipinski definition) is 1. The molecule has 1 N–H and O–H groups in total. The van der Waals surface area contributed by atoms with Crippen molar-refractivity contribution in [2.45, 2.75) is 18.6 Å². The lowest BCUT2D eigenvalue weighted by atomic mass is 10.1. The molecule has 0 spiro atoms. The predicted octanol–water partition coefficient (Wildman–Crippen LogP) is 2.49. The van der Waals surface area contributed by atoms with Gasteiger partial charge >= 0.3 is 0 Å². The molecular formula is C20H23NO4. The first-order valence-corrected chi connectivity index (χ1v) is 8.37. The zero-order valence-corrected chi connectivity index (χ0v) is 14.4. The molecule has 5 heteroatoms. The summed E-state index contributed by atoms with van der Waals surface area (Å²) in [5.41, 5.74) is 0.628. The van der Waals surface area contributed by atoms with Crippen LogP contribution in [0.15, 0.2) is 54.6 Å². The molecule has 132 valence electrons. The fourth-order valence-electron chi connectivity index (χ4n) is 2.97. The largest absolute Gasteiger partial charge is 0.491 e. The molecule has 1 fully saturated rings. The van der Waals surface area contributed by atoms with Gasteiger partial charge in [0.1, 0.15) is 18.0 Å². The van der Waals surface area contributed by atoms with E-state index in [0.717, 1.165) is 11.3 Å². The van der Waals surface area contributed by atoms with Gasteiger partial charge in [0.05, 0.1) is 13.2 Å². The molecular weight excluding hydrogens is 318 g/mol. The summed E-state index contributed by atoms with van der Waals surface area (Å²) < 4.78 is 10.7. The second kappa shape index (κ2) is 7.68. The third kappa shape index (κ3) is 4.38. The number of benzene rings is 2. The smallest absolute Gasteiger partial charge is 0.253 e. The van der Waals surface area contributed by atoms with Crippen LogP contribution in [0, 0.1) is 0 Å². The monoisotopic (exact) mass is 341 g/mol. The molecule has 0 bridgehead atoms. The maximum atomic E-state index is 12.6. The Kier molecular flexibility index (Phi) is 5.36. The molecule has 2 aromatic rings. The highest BCUT2D eigenvalue weighted by Gasteiger charge is 2.39. The maximum Gasteiger partial charge on any atom is 0.253 e. The Hall–Kier alpha value is -2.37. The van der Waals surface area contributed by atoms with Crippen LogP contribution in [0.5, 0.6) is 5.75 Å². The highest BCUT2D eigenvalue weighted by molar-refractivity contribution is 5.94. The van der Waals surface area contributed by atoms with E-state index in [2.05, 4.69) is 0 Å². The maximum absolute atomic E-state index is 12.6. The van der Waals surface area contributed by atoms with Gasteiger partial charge in [0.15, 0.2) is 0 Å².